The molecule has 3 rings (SSSR count). The van der Waals surface area contributed by atoms with Crippen LogP contribution in [0.15, 0.2) is 52.3 Å². The van der Waals surface area contributed by atoms with E-state index in [4.69, 9.17) is 22.1 Å². The number of rotatable bonds is 4. The summed E-state index contributed by atoms with van der Waals surface area (Å²) >= 11 is 7.22. The fourth-order valence-corrected chi connectivity index (χ4v) is 3.53. The Kier molecular flexibility index (Phi) is 5.45. The van der Waals surface area contributed by atoms with Crippen LogP contribution in [0.3, 0.4) is 0 Å². The van der Waals surface area contributed by atoms with Gasteiger partial charge in [0.25, 0.3) is 0 Å². The third-order valence-corrected chi connectivity index (χ3v) is 5.18. The molecule has 1 heterocycles. The topological polar surface area (TPSA) is 76.9 Å². The van der Waals surface area contributed by atoms with E-state index in [0.29, 0.717) is 10.6 Å². The number of benzene rings is 2. The standard InChI is InChI=1S/C18H12ClF3N4OS/c1-27-11-3-5-12(6-4-11)28-16-14(9-23)25-26(17(16)24)15-7-2-10(8-13(15)19)18(20,21)22/h2-8H,24H2,1H3. The van der Waals surface area contributed by atoms with Crippen LogP contribution < -0.4 is 10.5 Å². The lowest BCUT2D eigenvalue weighted by atomic mass is 10.2. The van der Waals surface area contributed by atoms with E-state index in [0.717, 1.165) is 27.8 Å². The van der Waals surface area contributed by atoms with Crippen LogP contribution in [-0.4, -0.2) is 16.9 Å². The molecule has 0 atom stereocenters. The number of alkyl halides is 3. The molecule has 2 N–H and O–H groups in total. The molecule has 0 aliphatic rings. The van der Waals surface area contributed by atoms with Gasteiger partial charge in [0.05, 0.1) is 28.3 Å². The molecule has 0 spiro atoms. The Hall–Kier alpha value is -2.83. The van der Waals surface area contributed by atoms with Gasteiger partial charge in [-0.2, -0.15) is 23.5 Å². The molecule has 0 aliphatic carbocycles. The van der Waals surface area contributed by atoms with E-state index < -0.39 is 11.7 Å². The minimum Gasteiger partial charge on any atom is -0.497 e. The van der Waals surface area contributed by atoms with Gasteiger partial charge in [-0.25, -0.2) is 4.68 Å². The van der Waals surface area contributed by atoms with Crippen molar-refractivity contribution < 1.29 is 17.9 Å². The average Bonchev–Trinajstić information content (AvgIpc) is 2.97. The molecule has 0 unspecified atom stereocenters. The van der Waals surface area contributed by atoms with Crippen molar-refractivity contribution in [2.24, 2.45) is 0 Å². The predicted octanol–water partition coefficient (Wildman–Crippen LogP) is 5.16. The second-order valence-corrected chi connectivity index (χ2v) is 7.02. The van der Waals surface area contributed by atoms with Gasteiger partial charge < -0.3 is 10.5 Å². The summed E-state index contributed by atoms with van der Waals surface area (Å²) in [5.41, 5.74) is 5.42. The van der Waals surface area contributed by atoms with Crippen LogP contribution in [-0.2, 0) is 6.18 Å². The summed E-state index contributed by atoms with van der Waals surface area (Å²) in [5.74, 6) is 0.768. The normalized spacial score (nSPS) is 11.3. The number of nitrogen functional groups attached to an aromatic ring is 1. The molecule has 10 heteroatoms. The summed E-state index contributed by atoms with van der Waals surface area (Å²) in [6.07, 6.45) is -4.52. The van der Waals surface area contributed by atoms with E-state index in [1.807, 2.05) is 6.07 Å². The number of halogens is 4. The van der Waals surface area contributed by atoms with E-state index in [1.165, 1.54) is 11.8 Å². The van der Waals surface area contributed by atoms with Crippen molar-refractivity contribution in [1.29, 1.82) is 5.26 Å². The maximum absolute atomic E-state index is 12.8. The van der Waals surface area contributed by atoms with Crippen molar-refractivity contribution in [2.75, 3.05) is 12.8 Å². The van der Waals surface area contributed by atoms with Gasteiger partial charge in [-0.15, -0.1) is 0 Å². The number of nitrogens with two attached hydrogens (primary N) is 1. The molecule has 5 nitrogen and oxygen atoms in total. The van der Waals surface area contributed by atoms with Crippen LogP contribution in [0.5, 0.6) is 5.75 Å². The lowest BCUT2D eigenvalue weighted by Gasteiger charge is -2.11. The Morgan fingerprint density at radius 2 is 1.89 bits per heavy atom. The molecule has 0 radical (unpaired) electrons. The van der Waals surface area contributed by atoms with Crippen molar-refractivity contribution in [2.45, 2.75) is 16.0 Å². The van der Waals surface area contributed by atoms with Crippen LogP contribution in [0.4, 0.5) is 19.0 Å². The quantitative estimate of drug-likeness (QED) is 0.626. The van der Waals surface area contributed by atoms with E-state index >= 15 is 0 Å². The highest BCUT2D eigenvalue weighted by atomic mass is 35.5. The smallest absolute Gasteiger partial charge is 0.416 e. The Morgan fingerprint density at radius 3 is 2.43 bits per heavy atom. The molecule has 0 aliphatic heterocycles. The molecular weight excluding hydrogens is 413 g/mol. The first-order valence-corrected chi connectivity index (χ1v) is 8.91. The van der Waals surface area contributed by atoms with E-state index in [-0.39, 0.29) is 22.2 Å². The highest BCUT2D eigenvalue weighted by molar-refractivity contribution is 7.99. The molecule has 0 bridgehead atoms. The van der Waals surface area contributed by atoms with Gasteiger partial charge in [0.2, 0.25) is 0 Å². The van der Waals surface area contributed by atoms with Gasteiger partial charge in [-0.3, -0.25) is 0 Å². The number of hydrogen-bond acceptors (Lipinski definition) is 5. The van der Waals surface area contributed by atoms with Gasteiger partial charge in [-0.05, 0) is 42.5 Å². The van der Waals surface area contributed by atoms with Crippen molar-refractivity contribution in [3.63, 3.8) is 0 Å². The van der Waals surface area contributed by atoms with Crippen LogP contribution >= 0.6 is 23.4 Å². The molecule has 144 valence electrons. The zero-order chi connectivity index (χ0) is 20.5. The third-order valence-electron chi connectivity index (χ3n) is 3.76. The Bertz CT molecular complexity index is 1060. The van der Waals surface area contributed by atoms with Crippen LogP contribution in [0, 0.1) is 11.3 Å². The first-order valence-electron chi connectivity index (χ1n) is 7.72. The van der Waals surface area contributed by atoms with Crippen molar-refractivity contribution in [3.05, 3.63) is 58.7 Å². The number of hydrogen-bond donors (Lipinski definition) is 1. The van der Waals surface area contributed by atoms with Crippen LogP contribution in [0.25, 0.3) is 5.69 Å². The molecule has 0 amide bonds. The number of nitrogens with zero attached hydrogens (tertiary/aromatic N) is 3. The molecule has 1 aromatic heterocycles. The van der Waals surface area contributed by atoms with Crippen LogP contribution in [0.2, 0.25) is 5.02 Å². The third kappa shape index (κ3) is 3.88. The summed E-state index contributed by atoms with van der Waals surface area (Å²) in [6.45, 7) is 0. The summed E-state index contributed by atoms with van der Waals surface area (Å²) in [6, 6.07) is 11.9. The summed E-state index contributed by atoms with van der Waals surface area (Å²) in [4.78, 5) is 1.16. The molecule has 0 saturated carbocycles. The number of aromatic nitrogens is 2. The number of methoxy groups -OCH3 is 1. The fraction of sp³-hybridized carbons (Fsp3) is 0.111. The molecule has 28 heavy (non-hydrogen) atoms. The van der Waals surface area contributed by atoms with Gasteiger partial charge in [0.1, 0.15) is 17.6 Å². The van der Waals surface area contributed by atoms with Gasteiger partial charge in [0, 0.05) is 4.90 Å². The second-order valence-electron chi connectivity index (χ2n) is 5.53. The maximum Gasteiger partial charge on any atom is 0.416 e. The van der Waals surface area contributed by atoms with Gasteiger partial charge in [0.15, 0.2) is 5.69 Å². The van der Waals surface area contributed by atoms with E-state index in [1.54, 1.807) is 31.4 Å². The molecule has 3 aromatic rings. The monoisotopic (exact) mass is 424 g/mol. The van der Waals surface area contributed by atoms with Gasteiger partial charge >= 0.3 is 6.18 Å². The highest BCUT2D eigenvalue weighted by Crippen LogP contribution is 2.38. The molecule has 2 aromatic carbocycles. The minimum absolute atomic E-state index is 0.0364. The predicted molar refractivity (Wildman–Crippen MR) is 99.8 cm³/mol. The average molecular weight is 425 g/mol. The van der Waals surface area contributed by atoms with Crippen LogP contribution in [0.1, 0.15) is 11.3 Å². The van der Waals surface area contributed by atoms with Gasteiger partial charge in [-0.1, -0.05) is 23.4 Å². The van der Waals surface area contributed by atoms with Crippen molar-refractivity contribution >= 4 is 29.2 Å². The lowest BCUT2D eigenvalue weighted by molar-refractivity contribution is -0.137. The lowest BCUT2D eigenvalue weighted by Crippen LogP contribution is -2.07. The first-order chi connectivity index (χ1) is 13.2. The Balaban J connectivity index is 2.01. The largest absolute Gasteiger partial charge is 0.497 e. The van der Waals surface area contributed by atoms with Crippen molar-refractivity contribution in [3.8, 4) is 17.5 Å². The fourth-order valence-electron chi connectivity index (χ4n) is 2.39. The maximum atomic E-state index is 12.8. The SMILES string of the molecule is COc1ccc(Sc2c(C#N)nn(-c3ccc(C(F)(F)F)cc3Cl)c2N)cc1. The first kappa shape index (κ1) is 19.9. The molecular formula is C18H12ClF3N4OS. The summed E-state index contributed by atoms with van der Waals surface area (Å²) in [5, 5.41) is 13.3. The van der Waals surface area contributed by atoms with Crippen molar-refractivity contribution in [1.82, 2.24) is 9.78 Å². The van der Waals surface area contributed by atoms with E-state index in [9.17, 15) is 18.4 Å². The van der Waals surface area contributed by atoms with E-state index in [2.05, 4.69) is 5.10 Å². The Labute approximate surface area is 167 Å². The number of anilines is 1. The molecule has 0 saturated heterocycles. The summed E-state index contributed by atoms with van der Waals surface area (Å²) in [7, 11) is 1.55. The zero-order valence-corrected chi connectivity index (χ0v) is 15.9. The number of nitriles is 1. The highest BCUT2D eigenvalue weighted by Gasteiger charge is 2.31. The number of ether oxygens (including phenoxy) is 1. The summed E-state index contributed by atoms with van der Waals surface area (Å²) < 4.78 is 44.8. The second kappa shape index (κ2) is 7.66. The minimum atomic E-state index is -4.52. The zero-order valence-electron chi connectivity index (χ0n) is 14.3. The molecule has 0 fully saturated rings. The Morgan fingerprint density at radius 1 is 1.21 bits per heavy atom.